The molecule has 1 fully saturated rings. The van der Waals surface area contributed by atoms with Crippen molar-refractivity contribution in [3.05, 3.63) is 89.5 Å². The van der Waals surface area contributed by atoms with E-state index in [1.165, 1.54) is 15.2 Å². The molecule has 1 N–H and O–H groups in total. The van der Waals surface area contributed by atoms with E-state index in [9.17, 15) is 24.3 Å². The van der Waals surface area contributed by atoms with Gasteiger partial charge >= 0.3 is 5.97 Å². The molecule has 3 aromatic rings. The number of carboxylic acid groups (broad SMARTS) is 1. The van der Waals surface area contributed by atoms with Crippen molar-refractivity contribution >= 4 is 23.7 Å². The fourth-order valence-electron chi connectivity index (χ4n) is 6.17. The number of nitrogens with zero attached hydrogens (tertiary/aromatic N) is 7. The zero-order valence-corrected chi connectivity index (χ0v) is 36.2. The number of methoxy groups -OCH3 is 3. The molecule has 334 valence electrons. The van der Waals surface area contributed by atoms with Crippen LogP contribution in [-0.4, -0.2) is 185 Å². The van der Waals surface area contributed by atoms with Crippen LogP contribution in [0, 0.1) is 0 Å². The van der Waals surface area contributed by atoms with Gasteiger partial charge < -0.3 is 19.3 Å². The van der Waals surface area contributed by atoms with Crippen molar-refractivity contribution in [2.45, 2.75) is 19.8 Å². The highest BCUT2D eigenvalue weighted by Gasteiger charge is 2.24. The highest BCUT2D eigenvalue weighted by atomic mass is 16.7. The van der Waals surface area contributed by atoms with E-state index in [0.29, 0.717) is 69.6 Å². The molecule has 0 unspecified atom stereocenters. The molecule has 0 bridgehead atoms. The van der Waals surface area contributed by atoms with E-state index in [4.69, 9.17) is 28.7 Å². The molecule has 1 heterocycles. The molecule has 0 aromatic heterocycles. The molecule has 0 atom stereocenters. The Hall–Kier alpha value is -5.34. The van der Waals surface area contributed by atoms with Crippen LogP contribution < -0.4 is 14.2 Å². The zero-order valence-electron chi connectivity index (χ0n) is 36.2. The fraction of sp³-hybridized carbons (Fsp3) is 0.488. The summed E-state index contributed by atoms with van der Waals surface area (Å²) in [5.41, 5.74) is 2.58. The first-order valence-corrected chi connectivity index (χ1v) is 20.0. The average Bonchev–Trinajstić information content (AvgIpc) is 3.27. The number of likely N-dealkylation sites (N-methyl/N-ethyl adjacent to an activating group) is 3. The number of benzene rings is 3. The van der Waals surface area contributed by atoms with Crippen LogP contribution in [0.4, 0.5) is 0 Å². The number of amides is 3. The number of hydroxylamine groups is 6. The van der Waals surface area contributed by atoms with Crippen molar-refractivity contribution in [1.29, 1.82) is 0 Å². The van der Waals surface area contributed by atoms with Crippen molar-refractivity contribution in [1.82, 2.24) is 34.8 Å². The monoisotopic (exact) mass is 851 g/mol. The van der Waals surface area contributed by atoms with Crippen LogP contribution in [0.3, 0.4) is 0 Å². The summed E-state index contributed by atoms with van der Waals surface area (Å²) >= 11 is 0. The highest BCUT2D eigenvalue weighted by molar-refractivity contribution is 5.78. The van der Waals surface area contributed by atoms with Gasteiger partial charge in [0.05, 0.1) is 47.5 Å². The maximum Gasteiger partial charge on any atom is 0.317 e. The Labute approximate surface area is 358 Å². The Morgan fingerprint density at radius 2 is 0.672 bits per heavy atom. The van der Waals surface area contributed by atoms with Gasteiger partial charge in [-0.2, -0.15) is 0 Å². The molecular formula is C43H61N7O11. The van der Waals surface area contributed by atoms with E-state index in [-0.39, 0.29) is 63.7 Å². The number of hydrogen-bond acceptors (Lipinski definition) is 14. The van der Waals surface area contributed by atoms with Gasteiger partial charge in [0.2, 0.25) is 0 Å². The van der Waals surface area contributed by atoms with Crippen molar-refractivity contribution in [3.8, 4) is 17.2 Å². The summed E-state index contributed by atoms with van der Waals surface area (Å²) in [6, 6.07) is 22.1. The summed E-state index contributed by atoms with van der Waals surface area (Å²) in [6.45, 7) is 3.21. The number of carbonyl (C=O) groups excluding carboxylic acids is 3. The number of carboxylic acids is 1. The van der Waals surface area contributed by atoms with Crippen molar-refractivity contribution < 1.29 is 53.0 Å². The minimum absolute atomic E-state index is 0.00355. The van der Waals surface area contributed by atoms with E-state index in [1.807, 2.05) is 87.5 Å². The van der Waals surface area contributed by atoms with E-state index in [2.05, 4.69) is 0 Å². The minimum Gasteiger partial charge on any atom is -0.497 e. The molecule has 0 aliphatic carbocycles. The maximum absolute atomic E-state index is 13.6. The lowest BCUT2D eigenvalue weighted by molar-refractivity contribution is -0.185. The minimum atomic E-state index is -0.987. The van der Waals surface area contributed by atoms with Gasteiger partial charge in [-0.3, -0.25) is 53.3 Å². The molecule has 18 heteroatoms. The fourth-order valence-corrected chi connectivity index (χ4v) is 6.17. The topological polar surface area (TPSA) is 167 Å². The third-order valence-electron chi connectivity index (χ3n) is 10.2. The van der Waals surface area contributed by atoms with Crippen LogP contribution in [0.25, 0.3) is 0 Å². The van der Waals surface area contributed by atoms with Gasteiger partial charge in [0.25, 0.3) is 17.7 Å². The number of ether oxygens (including phenoxy) is 3. The van der Waals surface area contributed by atoms with Crippen LogP contribution in [0.2, 0.25) is 0 Å². The molecule has 4 rings (SSSR count). The van der Waals surface area contributed by atoms with Gasteiger partial charge in [0.1, 0.15) is 37.1 Å². The first-order valence-electron chi connectivity index (χ1n) is 20.0. The van der Waals surface area contributed by atoms with Crippen molar-refractivity contribution in [2.75, 3.05) is 121 Å². The molecule has 1 aliphatic heterocycles. The summed E-state index contributed by atoms with van der Waals surface area (Å²) in [7, 11) is 9.46. The molecule has 0 radical (unpaired) electrons. The normalized spacial score (nSPS) is 14.9. The summed E-state index contributed by atoms with van der Waals surface area (Å²) in [6.07, 6.45) is 0. The Morgan fingerprint density at radius 3 is 0.885 bits per heavy atom. The number of rotatable bonds is 20. The van der Waals surface area contributed by atoms with Gasteiger partial charge in [-0.25, -0.2) is 15.2 Å². The lowest BCUT2D eigenvalue weighted by atomic mass is 10.2. The van der Waals surface area contributed by atoms with Crippen LogP contribution in [-0.2, 0) is 53.5 Å². The van der Waals surface area contributed by atoms with Crippen LogP contribution in [0.15, 0.2) is 72.8 Å². The standard InChI is InChI=1S/C43H61N7O11/c1-44(59-31-34-7-13-37(56-4)14-8-34)40(51)27-47-19-21-48(28-41(52)45(2)60-32-35-9-15-38(57-5)16-10-35)23-25-50(30-43(54)55)26-24-49(22-20-47)29-42(53)46(3)61-33-36-11-17-39(58-6)18-12-36/h7-18H,19-33H2,1-6H3,(H,54,55). The molecule has 18 nitrogen and oxygen atoms in total. The molecule has 1 aliphatic rings. The summed E-state index contributed by atoms with van der Waals surface area (Å²) in [5.74, 6) is 0.291. The lowest BCUT2D eigenvalue weighted by Crippen LogP contribution is -2.51. The predicted octanol–water partition coefficient (Wildman–Crippen LogP) is 2.09. The van der Waals surface area contributed by atoms with E-state index in [1.54, 1.807) is 47.4 Å². The van der Waals surface area contributed by atoms with Crippen molar-refractivity contribution in [2.24, 2.45) is 0 Å². The number of carbonyl (C=O) groups is 4. The third kappa shape index (κ3) is 17.3. The van der Waals surface area contributed by atoms with Gasteiger partial charge in [0, 0.05) is 73.5 Å². The summed E-state index contributed by atoms with van der Waals surface area (Å²) in [4.78, 5) is 77.5. The lowest BCUT2D eigenvalue weighted by Gasteiger charge is -2.34. The SMILES string of the molecule is COc1ccc(CON(C)C(=O)CN2CCN(CC(=O)O)CCN(CC(=O)N(C)OCc3ccc(OC)cc3)CCN(CC(=O)N(C)OCc3ccc(OC)cc3)CC2)cc1. The smallest absolute Gasteiger partial charge is 0.317 e. The van der Waals surface area contributed by atoms with Crippen LogP contribution in [0.5, 0.6) is 17.2 Å². The zero-order chi connectivity index (χ0) is 44.1. The first kappa shape index (κ1) is 48.3. The second-order valence-corrected chi connectivity index (χ2v) is 14.5. The van der Waals surface area contributed by atoms with Crippen molar-refractivity contribution in [3.63, 3.8) is 0 Å². The molecule has 61 heavy (non-hydrogen) atoms. The molecule has 3 amide bonds. The van der Waals surface area contributed by atoms with Gasteiger partial charge in [-0.1, -0.05) is 36.4 Å². The molecule has 0 saturated carbocycles. The van der Waals surface area contributed by atoms with Gasteiger partial charge in [-0.05, 0) is 53.1 Å². The molecule has 0 spiro atoms. The van der Waals surface area contributed by atoms with Gasteiger partial charge in [0.15, 0.2) is 0 Å². The average molecular weight is 852 g/mol. The second-order valence-electron chi connectivity index (χ2n) is 14.5. The van der Waals surface area contributed by atoms with Crippen LogP contribution >= 0.6 is 0 Å². The van der Waals surface area contributed by atoms with E-state index < -0.39 is 5.97 Å². The summed E-state index contributed by atoms with van der Waals surface area (Å²) < 4.78 is 15.7. The predicted molar refractivity (Wildman–Crippen MR) is 225 cm³/mol. The molecular weight excluding hydrogens is 791 g/mol. The Kier molecular flexibility index (Phi) is 20.2. The molecule has 1 saturated heterocycles. The van der Waals surface area contributed by atoms with Gasteiger partial charge in [-0.15, -0.1) is 0 Å². The third-order valence-corrected chi connectivity index (χ3v) is 10.2. The second kappa shape index (κ2) is 25.4. The molecule has 3 aromatic carbocycles. The largest absolute Gasteiger partial charge is 0.497 e. The van der Waals surface area contributed by atoms with E-state index >= 15 is 0 Å². The van der Waals surface area contributed by atoms with E-state index in [0.717, 1.165) is 16.7 Å². The number of aliphatic carboxylic acids is 1. The quantitative estimate of drug-likeness (QED) is 0.164. The Bertz CT molecular complexity index is 1710. The highest BCUT2D eigenvalue weighted by Crippen LogP contribution is 2.15. The first-order chi connectivity index (χ1) is 29.3. The Morgan fingerprint density at radius 1 is 0.443 bits per heavy atom. The maximum atomic E-state index is 13.6. The summed E-state index contributed by atoms with van der Waals surface area (Å²) in [5, 5.41) is 13.4. The van der Waals surface area contributed by atoms with Crippen LogP contribution in [0.1, 0.15) is 16.7 Å². The Balaban J connectivity index is 1.45. The number of hydrogen-bond donors (Lipinski definition) is 1.